The van der Waals surface area contributed by atoms with Crippen molar-refractivity contribution in [2.75, 3.05) is 22.7 Å². The Morgan fingerprint density at radius 3 is 2.45 bits per heavy atom. The fourth-order valence-electron chi connectivity index (χ4n) is 2.85. The highest BCUT2D eigenvalue weighted by Crippen LogP contribution is 2.35. The van der Waals surface area contributed by atoms with E-state index in [4.69, 9.17) is 9.47 Å². The molecule has 8 nitrogen and oxygen atoms in total. The Bertz CT molecular complexity index is 1080. The maximum Gasteiger partial charge on any atom is 0.274 e. The number of carbonyl (C=O) groups excluding carboxylic acids is 2. The molecule has 0 saturated carbocycles. The molecule has 0 saturated heterocycles. The number of pyridine rings is 1. The first-order valence-electron chi connectivity index (χ1n) is 8.88. The number of amides is 2. The van der Waals surface area contributed by atoms with Crippen molar-refractivity contribution < 1.29 is 19.1 Å². The van der Waals surface area contributed by atoms with Crippen molar-refractivity contribution >= 4 is 34.6 Å². The van der Waals surface area contributed by atoms with Crippen LogP contribution in [0.3, 0.4) is 0 Å². The minimum Gasteiger partial charge on any atom is -0.454 e. The summed E-state index contributed by atoms with van der Waals surface area (Å²) in [6.45, 7) is 1.63. The smallest absolute Gasteiger partial charge is 0.274 e. The molecule has 1 aliphatic heterocycles. The maximum atomic E-state index is 12.6. The summed E-state index contributed by atoms with van der Waals surface area (Å²) in [5.74, 6) is 0.824. The van der Waals surface area contributed by atoms with Crippen molar-refractivity contribution in [2.45, 2.75) is 6.92 Å². The fourth-order valence-corrected chi connectivity index (χ4v) is 2.85. The summed E-state index contributed by atoms with van der Waals surface area (Å²) in [7, 11) is 0. The molecule has 0 radical (unpaired) electrons. The van der Waals surface area contributed by atoms with Gasteiger partial charge in [0.2, 0.25) is 12.7 Å². The van der Waals surface area contributed by atoms with Crippen molar-refractivity contribution in [2.24, 2.45) is 0 Å². The molecule has 0 aliphatic carbocycles. The molecule has 0 unspecified atom stereocenters. The first kappa shape index (κ1) is 18.3. The third kappa shape index (κ3) is 4.44. The SMILES string of the molecule is CC(=O)Nc1cccc(NC(=O)c2cc(Nc3ccc4c(c3)OCO4)ccn2)c1. The summed E-state index contributed by atoms with van der Waals surface area (Å²) in [4.78, 5) is 27.9. The normalized spacial score (nSPS) is 11.6. The van der Waals surface area contributed by atoms with E-state index in [1.807, 2.05) is 18.2 Å². The van der Waals surface area contributed by atoms with Gasteiger partial charge in [-0.25, -0.2) is 0 Å². The molecule has 4 rings (SSSR count). The number of nitrogens with one attached hydrogen (secondary N) is 3. The standard InChI is InChI=1S/C21H18N4O4/c1-13(26)23-14-3-2-4-15(9-14)25-21(27)18-10-17(7-8-22-18)24-16-5-6-19-20(11-16)29-12-28-19/h2-11H,12H2,1H3,(H,22,24)(H,23,26)(H,25,27). The number of anilines is 4. The summed E-state index contributed by atoms with van der Waals surface area (Å²) in [5, 5.41) is 8.68. The second kappa shape index (κ2) is 7.89. The van der Waals surface area contributed by atoms with E-state index in [1.165, 1.54) is 6.92 Å². The number of nitrogens with zero attached hydrogens (tertiary/aromatic N) is 1. The van der Waals surface area contributed by atoms with Crippen molar-refractivity contribution in [3.05, 3.63) is 66.5 Å². The largest absolute Gasteiger partial charge is 0.454 e. The molecule has 3 N–H and O–H groups in total. The van der Waals surface area contributed by atoms with Crippen molar-refractivity contribution in [1.82, 2.24) is 4.98 Å². The Morgan fingerprint density at radius 1 is 0.862 bits per heavy atom. The van der Waals surface area contributed by atoms with E-state index in [0.29, 0.717) is 28.6 Å². The molecule has 3 aromatic rings. The van der Waals surface area contributed by atoms with Crippen LogP contribution in [-0.2, 0) is 4.79 Å². The summed E-state index contributed by atoms with van der Waals surface area (Å²) in [5.41, 5.74) is 2.91. The minimum atomic E-state index is -0.362. The van der Waals surface area contributed by atoms with E-state index in [-0.39, 0.29) is 24.3 Å². The molecule has 2 aromatic carbocycles. The molecule has 1 aliphatic rings. The van der Waals surface area contributed by atoms with Gasteiger partial charge in [0, 0.05) is 41.9 Å². The summed E-state index contributed by atoms with van der Waals surface area (Å²) < 4.78 is 10.7. The van der Waals surface area contributed by atoms with Crippen LogP contribution in [-0.4, -0.2) is 23.6 Å². The van der Waals surface area contributed by atoms with Gasteiger partial charge in [-0.2, -0.15) is 0 Å². The van der Waals surface area contributed by atoms with Gasteiger partial charge in [0.05, 0.1) is 0 Å². The molecule has 1 aromatic heterocycles. The number of hydrogen-bond acceptors (Lipinski definition) is 6. The molecule has 0 atom stereocenters. The van der Waals surface area contributed by atoms with E-state index in [9.17, 15) is 9.59 Å². The van der Waals surface area contributed by atoms with Crippen LogP contribution in [0.5, 0.6) is 11.5 Å². The summed E-state index contributed by atoms with van der Waals surface area (Å²) in [6, 6.07) is 15.8. The number of benzene rings is 2. The zero-order valence-corrected chi connectivity index (χ0v) is 15.6. The van der Waals surface area contributed by atoms with Gasteiger partial charge < -0.3 is 25.4 Å². The van der Waals surface area contributed by atoms with Crippen LogP contribution >= 0.6 is 0 Å². The predicted octanol–water partition coefficient (Wildman–Crippen LogP) is 3.76. The highest BCUT2D eigenvalue weighted by Gasteiger charge is 2.14. The van der Waals surface area contributed by atoms with Gasteiger partial charge in [-0.1, -0.05) is 6.07 Å². The maximum absolute atomic E-state index is 12.6. The number of ether oxygens (including phenoxy) is 2. The quantitative estimate of drug-likeness (QED) is 0.613. The second-order valence-corrected chi connectivity index (χ2v) is 6.34. The fraction of sp³-hybridized carbons (Fsp3) is 0.0952. The predicted molar refractivity (Wildman–Crippen MR) is 109 cm³/mol. The zero-order chi connectivity index (χ0) is 20.2. The molecular weight excluding hydrogens is 372 g/mol. The van der Waals surface area contributed by atoms with Crippen LogP contribution in [0.25, 0.3) is 0 Å². The molecule has 8 heteroatoms. The van der Waals surface area contributed by atoms with Crippen molar-refractivity contribution in [3.8, 4) is 11.5 Å². The van der Waals surface area contributed by atoms with Gasteiger partial charge in [0.25, 0.3) is 5.91 Å². The molecule has 0 spiro atoms. The molecule has 146 valence electrons. The second-order valence-electron chi connectivity index (χ2n) is 6.34. The molecule has 29 heavy (non-hydrogen) atoms. The number of hydrogen-bond donors (Lipinski definition) is 3. The topological polar surface area (TPSA) is 102 Å². The molecule has 2 amide bonds. The molecule has 0 fully saturated rings. The van der Waals surface area contributed by atoms with Gasteiger partial charge >= 0.3 is 0 Å². The van der Waals surface area contributed by atoms with E-state index in [2.05, 4.69) is 20.9 Å². The monoisotopic (exact) mass is 390 g/mol. The Labute approximate surface area is 166 Å². The molecular formula is C21H18N4O4. The lowest BCUT2D eigenvalue weighted by atomic mass is 10.2. The molecule has 2 heterocycles. The molecule has 0 bridgehead atoms. The first-order chi connectivity index (χ1) is 14.1. The third-order valence-electron chi connectivity index (χ3n) is 4.09. The number of aromatic nitrogens is 1. The van der Waals surface area contributed by atoms with E-state index >= 15 is 0 Å². The van der Waals surface area contributed by atoms with Crippen LogP contribution in [0.15, 0.2) is 60.8 Å². The Kier molecular flexibility index (Phi) is 4.98. The highest BCUT2D eigenvalue weighted by atomic mass is 16.7. The lowest BCUT2D eigenvalue weighted by Crippen LogP contribution is -2.14. The first-order valence-corrected chi connectivity index (χ1v) is 8.88. The van der Waals surface area contributed by atoms with Crippen molar-refractivity contribution in [1.29, 1.82) is 0 Å². The summed E-state index contributed by atoms with van der Waals surface area (Å²) >= 11 is 0. The van der Waals surface area contributed by atoms with Crippen LogP contribution in [0, 0.1) is 0 Å². The lowest BCUT2D eigenvalue weighted by molar-refractivity contribution is -0.114. The lowest BCUT2D eigenvalue weighted by Gasteiger charge is -2.10. The number of carbonyl (C=O) groups is 2. The highest BCUT2D eigenvalue weighted by molar-refractivity contribution is 6.03. The van der Waals surface area contributed by atoms with E-state index < -0.39 is 0 Å². The van der Waals surface area contributed by atoms with Gasteiger partial charge in [-0.15, -0.1) is 0 Å². The van der Waals surface area contributed by atoms with Gasteiger partial charge in [0.15, 0.2) is 11.5 Å². The average Bonchev–Trinajstić information content (AvgIpc) is 3.16. The van der Waals surface area contributed by atoms with Gasteiger partial charge in [0.1, 0.15) is 5.69 Å². The third-order valence-corrected chi connectivity index (χ3v) is 4.09. The van der Waals surface area contributed by atoms with Gasteiger partial charge in [-0.05, 0) is 42.5 Å². The van der Waals surface area contributed by atoms with E-state index in [0.717, 1.165) is 5.69 Å². The summed E-state index contributed by atoms with van der Waals surface area (Å²) in [6.07, 6.45) is 1.55. The van der Waals surface area contributed by atoms with Crippen molar-refractivity contribution in [3.63, 3.8) is 0 Å². The Balaban J connectivity index is 1.47. The van der Waals surface area contributed by atoms with Crippen LogP contribution < -0.4 is 25.4 Å². The average molecular weight is 390 g/mol. The number of fused-ring (bicyclic) bond motifs is 1. The zero-order valence-electron chi connectivity index (χ0n) is 15.6. The number of rotatable bonds is 5. The Morgan fingerprint density at radius 2 is 1.62 bits per heavy atom. The van der Waals surface area contributed by atoms with Gasteiger partial charge in [-0.3, -0.25) is 14.6 Å². The van der Waals surface area contributed by atoms with Crippen LogP contribution in [0.2, 0.25) is 0 Å². The Hall–Kier alpha value is -4.07. The van der Waals surface area contributed by atoms with E-state index in [1.54, 1.807) is 42.6 Å². The van der Waals surface area contributed by atoms with Crippen LogP contribution in [0.1, 0.15) is 17.4 Å². The minimum absolute atomic E-state index is 0.183. The van der Waals surface area contributed by atoms with Crippen LogP contribution in [0.4, 0.5) is 22.7 Å².